The van der Waals surface area contributed by atoms with Crippen LogP contribution in [0.3, 0.4) is 0 Å². The lowest BCUT2D eigenvalue weighted by atomic mass is 9.97. The Kier molecular flexibility index (Phi) is 7.39. The molecule has 1 aromatic heterocycles. The minimum Gasteiger partial charge on any atom is -0.462 e. The molecule has 1 heterocycles. The molecule has 2 N–H and O–H groups in total. The fourth-order valence-corrected chi connectivity index (χ4v) is 3.26. The van der Waals surface area contributed by atoms with Crippen LogP contribution in [-0.4, -0.2) is 30.0 Å². The van der Waals surface area contributed by atoms with Crippen molar-refractivity contribution in [3.8, 4) is 0 Å². The highest BCUT2D eigenvalue weighted by atomic mass is 16.5. The number of carbonyl (C=O) groups excluding carboxylic acids is 2. The Labute approximate surface area is 171 Å². The Morgan fingerprint density at radius 2 is 1.93 bits per heavy atom. The molecular formula is C23H27N3O3. The van der Waals surface area contributed by atoms with Crippen molar-refractivity contribution in [2.75, 3.05) is 18.5 Å². The molecule has 3 rings (SSSR count). The molecule has 0 saturated heterocycles. The average Bonchev–Trinajstić information content (AvgIpc) is 2.75. The van der Waals surface area contributed by atoms with Crippen LogP contribution in [-0.2, 0) is 4.74 Å². The number of anilines is 2. The molecule has 29 heavy (non-hydrogen) atoms. The third-order valence-electron chi connectivity index (χ3n) is 4.81. The van der Waals surface area contributed by atoms with Crippen LogP contribution in [0.15, 0.2) is 54.2 Å². The van der Waals surface area contributed by atoms with E-state index in [2.05, 4.69) is 21.7 Å². The van der Waals surface area contributed by atoms with Gasteiger partial charge in [-0.05, 0) is 75.4 Å². The number of esters is 1. The SMILES string of the molecule is CCOC(=O)c1ccc(Nc2cc(C(=O)NCCC3=CCCCC3)ccn2)cc1. The molecule has 0 fully saturated rings. The van der Waals surface area contributed by atoms with Crippen LogP contribution in [0, 0.1) is 0 Å². The third-order valence-corrected chi connectivity index (χ3v) is 4.81. The first-order chi connectivity index (χ1) is 14.2. The summed E-state index contributed by atoms with van der Waals surface area (Å²) in [6, 6.07) is 10.4. The smallest absolute Gasteiger partial charge is 0.338 e. The number of ether oxygens (including phenoxy) is 1. The van der Waals surface area contributed by atoms with E-state index in [1.54, 1.807) is 49.5 Å². The number of hydrogen-bond acceptors (Lipinski definition) is 5. The molecule has 1 aliphatic rings. The van der Waals surface area contributed by atoms with E-state index in [0.29, 0.717) is 30.1 Å². The highest BCUT2D eigenvalue weighted by Crippen LogP contribution is 2.20. The predicted octanol–water partition coefficient (Wildman–Crippen LogP) is 4.62. The third kappa shape index (κ3) is 6.17. The molecule has 0 radical (unpaired) electrons. The van der Waals surface area contributed by atoms with Gasteiger partial charge in [-0.25, -0.2) is 9.78 Å². The maximum Gasteiger partial charge on any atom is 0.338 e. The topological polar surface area (TPSA) is 80.3 Å². The number of hydrogen-bond donors (Lipinski definition) is 2. The van der Waals surface area contributed by atoms with Gasteiger partial charge in [0, 0.05) is 24.0 Å². The van der Waals surface area contributed by atoms with Crippen LogP contribution in [0.5, 0.6) is 0 Å². The van der Waals surface area contributed by atoms with Crippen LogP contribution in [0.1, 0.15) is 59.7 Å². The second kappa shape index (κ2) is 10.4. The Balaban J connectivity index is 1.55. The molecular weight excluding hydrogens is 366 g/mol. The fourth-order valence-electron chi connectivity index (χ4n) is 3.26. The summed E-state index contributed by atoms with van der Waals surface area (Å²) in [5.41, 5.74) is 3.27. The maximum atomic E-state index is 12.4. The van der Waals surface area contributed by atoms with Gasteiger partial charge in [-0.2, -0.15) is 0 Å². The van der Waals surface area contributed by atoms with E-state index in [4.69, 9.17) is 4.74 Å². The van der Waals surface area contributed by atoms with Crippen molar-refractivity contribution in [1.29, 1.82) is 0 Å². The Bertz CT molecular complexity index is 875. The second-order valence-corrected chi connectivity index (χ2v) is 6.97. The van der Waals surface area contributed by atoms with Crippen molar-refractivity contribution in [2.24, 2.45) is 0 Å². The zero-order valence-electron chi connectivity index (χ0n) is 16.7. The number of aromatic nitrogens is 1. The molecule has 2 aromatic rings. The molecule has 6 heteroatoms. The fraction of sp³-hybridized carbons (Fsp3) is 0.348. The number of rotatable bonds is 8. The lowest BCUT2D eigenvalue weighted by Crippen LogP contribution is -2.25. The molecule has 0 saturated carbocycles. The van der Waals surface area contributed by atoms with Crippen LogP contribution >= 0.6 is 0 Å². The number of nitrogens with one attached hydrogen (secondary N) is 2. The molecule has 6 nitrogen and oxygen atoms in total. The molecule has 0 atom stereocenters. The quantitative estimate of drug-likeness (QED) is 0.505. The Morgan fingerprint density at radius 1 is 1.10 bits per heavy atom. The summed E-state index contributed by atoms with van der Waals surface area (Å²) >= 11 is 0. The Morgan fingerprint density at radius 3 is 2.66 bits per heavy atom. The van der Waals surface area contributed by atoms with E-state index in [-0.39, 0.29) is 11.9 Å². The van der Waals surface area contributed by atoms with Crippen molar-refractivity contribution in [3.63, 3.8) is 0 Å². The van der Waals surface area contributed by atoms with Gasteiger partial charge in [-0.15, -0.1) is 0 Å². The summed E-state index contributed by atoms with van der Waals surface area (Å²) < 4.78 is 4.98. The summed E-state index contributed by atoms with van der Waals surface area (Å²) in [4.78, 5) is 28.4. The highest BCUT2D eigenvalue weighted by Gasteiger charge is 2.09. The first kappa shape index (κ1) is 20.6. The first-order valence-electron chi connectivity index (χ1n) is 10.1. The number of amides is 1. The van der Waals surface area contributed by atoms with Gasteiger partial charge in [0.2, 0.25) is 0 Å². The summed E-state index contributed by atoms with van der Waals surface area (Å²) in [6.45, 7) is 2.76. The summed E-state index contributed by atoms with van der Waals surface area (Å²) in [5.74, 6) is 0.112. The van der Waals surface area contributed by atoms with Gasteiger partial charge in [0.05, 0.1) is 12.2 Å². The van der Waals surface area contributed by atoms with Crippen molar-refractivity contribution in [3.05, 3.63) is 65.4 Å². The van der Waals surface area contributed by atoms with Gasteiger partial charge in [0.1, 0.15) is 5.82 Å². The van der Waals surface area contributed by atoms with Crippen LogP contribution < -0.4 is 10.6 Å². The summed E-state index contributed by atoms with van der Waals surface area (Å²) in [5, 5.41) is 6.14. The number of benzene rings is 1. The second-order valence-electron chi connectivity index (χ2n) is 6.97. The van der Waals surface area contributed by atoms with Gasteiger partial charge in [-0.1, -0.05) is 11.6 Å². The average molecular weight is 393 g/mol. The van der Waals surface area contributed by atoms with Crippen LogP contribution in [0.4, 0.5) is 11.5 Å². The lowest BCUT2D eigenvalue weighted by molar-refractivity contribution is 0.0526. The van der Waals surface area contributed by atoms with E-state index >= 15 is 0 Å². The van der Waals surface area contributed by atoms with Gasteiger partial charge >= 0.3 is 5.97 Å². The van der Waals surface area contributed by atoms with E-state index in [9.17, 15) is 9.59 Å². The van der Waals surface area contributed by atoms with Gasteiger partial charge in [-0.3, -0.25) is 4.79 Å². The zero-order chi connectivity index (χ0) is 20.5. The molecule has 152 valence electrons. The monoisotopic (exact) mass is 393 g/mol. The normalized spacial score (nSPS) is 13.3. The summed E-state index contributed by atoms with van der Waals surface area (Å²) in [7, 11) is 0. The number of pyridine rings is 1. The largest absolute Gasteiger partial charge is 0.462 e. The molecule has 1 aromatic carbocycles. The molecule has 0 bridgehead atoms. The molecule has 0 aliphatic heterocycles. The zero-order valence-corrected chi connectivity index (χ0v) is 16.7. The minimum absolute atomic E-state index is 0.107. The van der Waals surface area contributed by atoms with E-state index in [0.717, 1.165) is 24.9 Å². The van der Waals surface area contributed by atoms with Crippen molar-refractivity contribution in [2.45, 2.75) is 39.0 Å². The van der Waals surface area contributed by atoms with Crippen LogP contribution in [0.25, 0.3) is 0 Å². The Hall–Kier alpha value is -3.15. The molecule has 1 amide bonds. The molecule has 0 unspecified atom stereocenters. The molecule has 1 aliphatic carbocycles. The maximum absolute atomic E-state index is 12.4. The van der Waals surface area contributed by atoms with E-state index in [1.165, 1.54) is 18.4 Å². The van der Waals surface area contributed by atoms with Crippen LogP contribution in [0.2, 0.25) is 0 Å². The van der Waals surface area contributed by atoms with Crippen molar-refractivity contribution in [1.82, 2.24) is 10.3 Å². The van der Waals surface area contributed by atoms with Gasteiger partial charge < -0.3 is 15.4 Å². The van der Waals surface area contributed by atoms with Crippen molar-refractivity contribution < 1.29 is 14.3 Å². The van der Waals surface area contributed by atoms with Gasteiger partial charge in [0.15, 0.2) is 0 Å². The molecule has 0 spiro atoms. The summed E-state index contributed by atoms with van der Waals surface area (Å²) in [6.07, 6.45) is 9.64. The number of carbonyl (C=O) groups is 2. The van der Waals surface area contributed by atoms with Crippen molar-refractivity contribution >= 4 is 23.4 Å². The number of allylic oxidation sites excluding steroid dienone is 1. The minimum atomic E-state index is -0.347. The van der Waals surface area contributed by atoms with Gasteiger partial charge in [0.25, 0.3) is 5.91 Å². The number of nitrogens with zero attached hydrogens (tertiary/aromatic N) is 1. The first-order valence-corrected chi connectivity index (χ1v) is 10.1. The highest BCUT2D eigenvalue weighted by molar-refractivity contribution is 5.95. The lowest BCUT2D eigenvalue weighted by Gasteiger charge is -2.13. The predicted molar refractivity (Wildman–Crippen MR) is 113 cm³/mol. The van der Waals surface area contributed by atoms with E-state index in [1.807, 2.05) is 0 Å². The van der Waals surface area contributed by atoms with E-state index < -0.39 is 0 Å². The standard InChI is InChI=1S/C23H27N3O3/c1-2-29-23(28)18-8-10-20(11-9-18)26-21-16-19(13-15-24-21)22(27)25-14-12-17-6-4-3-5-7-17/h6,8-11,13,15-16H,2-5,7,12,14H2,1H3,(H,24,26)(H,25,27).